The van der Waals surface area contributed by atoms with E-state index >= 15 is 0 Å². The zero-order chi connectivity index (χ0) is 15.2. The van der Waals surface area contributed by atoms with Crippen molar-refractivity contribution in [3.63, 3.8) is 0 Å². The molecule has 2 rings (SSSR count). The monoisotopic (exact) mass is 310 g/mol. The summed E-state index contributed by atoms with van der Waals surface area (Å²) in [6, 6.07) is 3.46. The van der Waals surface area contributed by atoms with Gasteiger partial charge in [0.25, 0.3) is 0 Å². The van der Waals surface area contributed by atoms with Crippen molar-refractivity contribution in [1.29, 1.82) is 0 Å². The maximum Gasteiger partial charge on any atom is 0.311 e. The Bertz CT molecular complexity index is 498. The summed E-state index contributed by atoms with van der Waals surface area (Å²) in [6.07, 6.45) is 6.33. The van der Waals surface area contributed by atoms with E-state index in [-0.39, 0.29) is 16.7 Å². The van der Waals surface area contributed by atoms with Crippen LogP contribution in [0.4, 0.5) is 17.3 Å². The van der Waals surface area contributed by atoms with Crippen LogP contribution >= 0.6 is 11.8 Å². The van der Waals surface area contributed by atoms with Gasteiger partial charge >= 0.3 is 5.69 Å². The molecule has 1 heterocycles. The lowest BCUT2D eigenvalue weighted by molar-refractivity contribution is -0.384. The maximum atomic E-state index is 11.1. The Balaban J connectivity index is 2.12. The zero-order valence-electron chi connectivity index (χ0n) is 12.5. The molecule has 0 aliphatic heterocycles. The number of nitrogens with zero attached hydrogens (tertiary/aromatic N) is 2. The second-order valence-electron chi connectivity index (χ2n) is 5.26. The predicted octanol–water partition coefficient (Wildman–Crippen LogP) is 3.51. The lowest BCUT2D eigenvalue weighted by atomic mass is 10.2. The first-order valence-corrected chi connectivity index (χ1v) is 8.61. The van der Waals surface area contributed by atoms with Crippen molar-refractivity contribution < 1.29 is 4.92 Å². The normalized spacial score (nSPS) is 21.2. The fourth-order valence-corrected chi connectivity index (χ4v) is 3.33. The second-order valence-corrected chi connectivity index (χ2v) is 6.40. The lowest BCUT2D eigenvalue weighted by Gasteiger charge is -2.14. The van der Waals surface area contributed by atoms with Crippen LogP contribution in [0.25, 0.3) is 0 Å². The quantitative estimate of drug-likeness (QED) is 0.592. The fraction of sp³-hybridized carbons (Fsp3) is 0.643. The van der Waals surface area contributed by atoms with E-state index < -0.39 is 0 Å². The van der Waals surface area contributed by atoms with Crippen molar-refractivity contribution in [2.75, 3.05) is 23.4 Å². The highest BCUT2D eigenvalue weighted by atomic mass is 32.2. The van der Waals surface area contributed by atoms with Crippen LogP contribution in [0.15, 0.2) is 12.1 Å². The number of anilines is 2. The SMILES string of the molecule is CCCNc1ccc([N+](=O)[O-])c(NC2CCC(SC)C2)n1. The molecular weight excluding hydrogens is 288 g/mol. The van der Waals surface area contributed by atoms with Crippen LogP contribution in [-0.2, 0) is 0 Å². The van der Waals surface area contributed by atoms with E-state index in [2.05, 4.69) is 28.8 Å². The Labute approximate surface area is 129 Å². The first-order chi connectivity index (χ1) is 10.1. The highest BCUT2D eigenvalue weighted by molar-refractivity contribution is 7.99. The predicted molar refractivity (Wildman–Crippen MR) is 88.2 cm³/mol. The smallest absolute Gasteiger partial charge is 0.311 e. The van der Waals surface area contributed by atoms with Crippen molar-refractivity contribution in [3.8, 4) is 0 Å². The van der Waals surface area contributed by atoms with Gasteiger partial charge in [0.2, 0.25) is 5.82 Å². The highest BCUT2D eigenvalue weighted by Gasteiger charge is 2.26. The summed E-state index contributed by atoms with van der Waals surface area (Å²) >= 11 is 1.86. The van der Waals surface area contributed by atoms with Gasteiger partial charge in [-0.3, -0.25) is 10.1 Å². The molecule has 0 aromatic carbocycles. The Hall–Kier alpha value is -1.50. The van der Waals surface area contributed by atoms with E-state index in [0.29, 0.717) is 16.9 Å². The third-order valence-electron chi connectivity index (χ3n) is 3.69. The van der Waals surface area contributed by atoms with Gasteiger partial charge in [0.1, 0.15) is 5.82 Å². The summed E-state index contributed by atoms with van der Waals surface area (Å²) in [5.74, 6) is 1.07. The molecule has 2 atom stereocenters. The Morgan fingerprint density at radius 1 is 1.48 bits per heavy atom. The van der Waals surface area contributed by atoms with Crippen LogP contribution in [0.2, 0.25) is 0 Å². The molecule has 0 spiro atoms. The van der Waals surface area contributed by atoms with Crippen LogP contribution in [0.1, 0.15) is 32.6 Å². The molecule has 6 nitrogen and oxygen atoms in total. The minimum absolute atomic E-state index is 0.0460. The molecule has 116 valence electrons. The van der Waals surface area contributed by atoms with Gasteiger partial charge in [0.15, 0.2) is 0 Å². The van der Waals surface area contributed by atoms with Gasteiger partial charge in [-0.1, -0.05) is 6.92 Å². The molecule has 0 saturated heterocycles. The minimum atomic E-state index is -0.375. The molecule has 2 N–H and O–H groups in total. The number of aromatic nitrogens is 1. The van der Waals surface area contributed by atoms with E-state index in [1.165, 1.54) is 6.07 Å². The van der Waals surface area contributed by atoms with Crippen LogP contribution in [0.5, 0.6) is 0 Å². The Morgan fingerprint density at radius 3 is 2.90 bits per heavy atom. The number of hydrogen-bond donors (Lipinski definition) is 2. The van der Waals surface area contributed by atoms with Crippen LogP contribution in [0.3, 0.4) is 0 Å². The number of hydrogen-bond acceptors (Lipinski definition) is 6. The minimum Gasteiger partial charge on any atom is -0.370 e. The molecule has 1 fully saturated rings. The van der Waals surface area contributed by atoms with Crippen molar-refractivity contribution in [2.24, 2.45) is 0 Å². The molecule has 21 heavy (non-hydrogen) atoms. The molecule has 1 aliphatic carbocycles. The van der Waals surface area contributed by atoms with Crippen molar-refractivity contribution in [1.82, 2.24) is 4.98 Å². The summed E-state index contributed by atoms with van der Waals surface area (Å²) in [5.41, 5.74) is 0.0460. The summed E-state index contributed by atoms with van der Waals surface area (Å²) in [7, 11) is 0. The van der Waals surface area contributed by atoms with Gasteiger partial charge in [0, 0.05) is 23.9 Å². The van der Waals surface area contributed by atoms with Gasteiger partial charge < -0.3 is 10.6 Å². The molecule has 1 aromatic rings. The molecule has 7 heteroatoms. The van der Waals surface area contributed by atoms with Gasteiger partial charge in [-0.25, -0.2) is 4.98 Å². The summed E-state index contributed by atoms with van der Waals surface area (Å²) in [5, 5.41) is 18.2. The summed E-state index contributed by atoms with van der Waals surface area (Å²) in [6.45, 7) is 2.88. The van der Waals surface area contributed by atoms with E-state index in [1.807, 2.05) is 11.8 Å². The van der Waals surface area contributed by atoms with Gasteiger partial charge in [0.05, 0.1) is 4.92 Å². The number of nitro groups is 1. The molecular formula is C14H22N4O2S. The zero-order valence-corrected chi connectivity index (χ0v) is 13.3. The Kier molecular flexibility index (Phi) is 5.67. The third kappa shape index (κ3) is 4.23. The van der Waals surface area contributed by atoms with Crippen LogP contribution in [-0.4, -0.2) is 34.0 Å². The average Bonchev–Trinajstić information content (AvgIpc) is 2.92. The van der Waals surface area contributed by atoms with Crippen molar-refractivity contribution in [2.45, 2.75) is 43.9 Å². The maximum absolute atomic E-state index is 11.1. The number of nitrogens with one attached hydrogen (secondary N) is 2. The van der Waals surface area contributed by atoms with E-state index in [4.69, 9.17) is 0 Å². The van der Waals surface area contributed by atoms with Gasteiger partial charge in [-0.15, -0.1) is 0 Å². The first-order valence-electron chi connectivity index (χ1n) is 7.32. The van der Waals surface area contributed by atoms with Crippen LogP contribution < -0.4 is 10.6 Å². The van der Waals surface area contributed by atoms with E-state index in [1.54, 1.807) is 6.07 Å². The molecule has 2 unspecified atom stereocenters. The number of thioether (sulfide) groups is 1. The first kappa shape index (κ1) is 15.9. The summed E-state index contributed by atoms with van der Waals surface area (Å²) in [4.78, 5) is 15.1. The number of rotatable bonds is 7. The van der Waals surface area contributed by atoms with E-state index in [9.17, 15) is 10.1 Å². The summed E-state index contributed by atoms with van der Waals surface area (Å²) < 4.78 is 0. The van der Waals surface area contributed by atoms with Gasteiger partial charge in [-0.05, 0) is 38.0 Å². The highest BCUT2D eigenvalue weighted by Crippen LogP contribution is 2.32. The second kappa shape index (κ2) is 7.49. The van der Waals surface area contributed by atoms with Crippen molar-refractivity contribution in [3.05, 3.63) is 22.2 Å². The standard InChI is InChI=1S/C14H22N4O2S/c1-3-8-15-13-7-6-12(18(19)20)14(17-13)16-10-4-5-11(9-10)21-2/h6-7,10-11H,3-5,8-9H2,1-2H3,(H2,15,16,17). The third-order valence-corrected chi connectivity index (χ3v) is 4.78. The molecule has 1 saturated carbocycles. The van der Waals surface area contributed by atoms with Crippen molar-refractivity contribution >= 4 is 29.1 Å². The lowest BCUT2D eigenvalue weighted by Crippen LogP contribution is -2.18. The molecule has 0 radical (unpaired) electrons. The van der Waals surface area contributed by atoms with Crippen LogP contribution in [0, 0.1) is 10.1 Å². The molecule has 1 aromatic heterocycles. The molecule has 0 bridgehead atoms. The van der Waals surface area contributed by atoms with E-state index in [0.717, 1.165) is 32.2 Å². The molecule has 0 amide bonds. The average molecular weight is 310 g/mol. The Morgan fingerprint density at radius 2 is 2.29 bits per heavy atom. The topological polar surface area (TPSA) is 80.1 Å². The fourth-order valence-electron chi connectivity index (χ4n) is 2.54. The largest absolute Gasteiger partial charge is 0.370 e. The number of pyridine rings is 1. The van der Waals surface area contributed by atoms with Gasteiger partial charge in [-0.2, -0.15) is 11.8 Å². The molecule has 1 aliphatic rings.